The zero-order valence-corrected chi connectivity index (χ0v) is 13.2. The Kier molecular flexibility index (Phi) is 5.26. The van der Waals surface area contributed by atoms with Crippen molar-refractivity contribution in [2.24, 2.45) is 0 Å². The summed E-state index contributed by atoms with van der Waals surface area (Å²) in [6.07, 6.45) is 3.46. The lowest BCUT2D eigenvalue weighted by Crippen LogP contribution is -2.11. The Hall–Kier alpha value is -1.96. The number of anilines is 1. The summed E-state index contributed by atoms with van der Waals surface area (Å²) in [6.45, 7) is 6.11. The third-order valence-corrected chi connectivity index (χ3v) is 4.01. The van der Waals surface area contributed by atoms with E-state index in [0.717, 1.165) is 23.2 Å². The second-order valence-corrected chi connectivity index (χ2v) is 5.65. The van der Waals surface area contributed by atoms with E-state index in [0.29, 0.717) is 5.75 Å². The largest absolute Gasteiger partial charge is 0.507 e. The maximum atomic E-state index is 10.1. The van der Waals surface area contributed by atoms with Crippen LogP contribution in [0, 0.1) is 13.8 Å². The Morgan fingerprint density at radius 1 is 1.05 bits per heavy atom. The highest BCUT2D eigenvalue weighted by atomic mass is 16.3. The molecule has 2 rings (SSSR count). The number of benzene rings is 2. The van der Waals surface area contributed by atoms with Gasteiger partial charge in [-0.2, -0.15) is 0 Å². The second kappa shape index (κ2) is 7.16. The van der Waals surface area contributed by atoms with Gasteiger partial charge in [-0.3, -0.25) is 0 Å². The summed E-state index contributed by atoms with van der Waals surface area (Å²) in [7, 11) is 0. The molecule has 0 bridgehead atoms. The number of phenolic OH excluding ortho intramolecular Hbond substituents is 1. The van der Waals surface area contributed by atoms with E-state index in [1.165, 1.54) is 18.4 Å². The van der Waals surface area contributed by atoms with Crippen LogP contribution < -0.4 is 5.32 Å². The third-order valence-electron chi connectivity index (χ3n) is 4.01. The number of hydrogen-bond donors (Lipinski definition) is 2. The van der Waals surface area contributed by atoms with E-state index >= 15 is 0 Å². The molecule has 2 aromatic rings. The van der Waals surface area contributed by atoms with E-state index < -0.39 is 0 Å². The van der Waals surface area contributed by atoms with Crippen molar-refractivity contribution in [2.45, 2.75) is 46.1 Å². The van der Waals surface area contributed by atoms with Crippen LogP contribution in [0.2, 0.25) is 0 Å². The number of rotatable bonds is 6. The van der Waals surface area contributed by atoms with E-state index in [4.69, 9.17) is 0 Å². The molecule has 1 unspecified atom stereocenters. The zero-order valence-electron chi connectivity index (χ0n) is 13.2. The van der Waals surface area contributed by atoms with Gasteiger partial charge in [-0.05, 0) is 37.5 Å². The number of aromatic hydroxyl groups is 1. The molecular weight excluding hydrogens is 258 g/mol. The molecule has 2 aromatic carbocycles. The van der Waals surface area contributed by atoms with E-state index in [2.05, 4.69) is 42.6 Å². The molecule has 0 aliphatic carbocycles. The van der Waals surface area contributed by atoms with Gasteiger partial charge in [0, 0.05) is 11.3 Å². The topological polar surface area (TPSA) is 32.3 Å². The second-order valence-electron chi connectivity index (χ2n) is 5.65. The first-order valence-electron chi connectivity index (χ1n) is 7.74. The van der Waals surface area contributed by atoms with Gasteiger partial charge in [-0.1, -0.05) is 56.2 Å². The van der Waals surface area contributed by atoms with Crippen molar-refractivity contribution in [2.75, 3.05) is 5.32 Å². The fourth-order valence-electron chi connectivity index (χ4n) is 2.60. The molecule has 2 nitrogen and oxygen atoms in total. The van der Waals surface area contributed by atoms with Crippen LogP contribution in [0.4, 0.5) is 5.69 Å². The minimum absolute atomic E-state index is 0.284. The van der Waals surface area contributed by atoms with Crippen molar-refractivity contribution in [1.82, 2.24) is 0 Å². The molecule has 0 radical (unpaired) electrons. The zero-order chi connectivity index (χ0) is 15.2. The summed E-state index contributed by atoms with van der Waals surface area (Å²) in [5.74, 6) is 0.391. The molecule has 0 amide bonds. The van der Waals surface area contributed by atoms with Gasteiger partial charge in [-0.15, -0.1) is 0 Å². The Labute approximate surface area is 127 Å². The number of unbranched alkanes of at least 4 members (excludes halogenated alkanes) is 1. The van der Waals surface area contributed by atoms with Crippen molar-refractivity contribution < 1.29 is 5.11 Å². The molecule has 0 aliphatic rings. The first kappa shape index (κ1) is 15.4. The average Bonchev–Trinajstić information content (AvgIpc) is 2.52. The molecule has 0 aromatic heterocycles. The Morgan fingerprint density at radius 2 is 1.76 bits per heavy atom. The minimum atomic E-state index is 0.284. The van der Waals surface area contributed by atoms with Crippen LogP contribution in [0.5, 0.6) is 5.75 Å². The van der Waals surface area contributed by atoms with E-state index in [1.807, 2.05) is 26.0 Å². The summed E-state index contributed by atoms with van der Waals surface area (Å²) < 4.78 is 0. The number of phenols is 1. The first-order chi connectivity index (χ1) is 10.1. The van der Waals surface area contributed by atoms with Crippen LogP contribution in [-0.4, -0.2) is 5.11 Å². The Morgan fingerprint density at radius 3 is 2.43 bits per heavy atom. The fraction of sp³-hybridized carbons (Fsp3) is 0.368. The monoisotopic (exact) mass is 283 g/mol. The van der Waals surface area contributed by atoms with Crippen molar-refractivity contribution in [1.29, 1.82) is 0 Å². The van der Waals surface area contributed by atoms with Crippen LogP contribution in [-0.2, 0) is 0 Å². The number of aryl methyl sites for hydroxylation is 1. The lowest BCUT2D eigenvalue weighted by Gasteiger charge is -2.22. The standard InChI is InChI=1S/C19H25NO/c1-4-5-11-18(16-9-7-6-8-10-16)20-17-13-12-14(2)19(21)15(17)3/h6-10,12-13,18,20-21H,4-5,11H2,1-3H3. The van der Waals surface area contributed by atoms with Crippen LogP contribution in [0.25, 0.3) is 0 Å². The van der Waals surface area contributed by atoms with Gasteiger partial charge in [0.1, 0.15) is 5.75 Å². The van der Waals surface area contributed by atoms with E-state index in [-0.39, 0.29) is 6.04 Å². The predicted octanol–water partition coefficient (Wildman–Crippen LogP) is 5.35. The van der Waals surface area contributed by atoms with Crippen molar-refractivity contribution >= 4 is 5.69 Å². The summed E-state index contributed by atoms with van der Waals surface area (Å²) in [5.41, 5.74) is 4.16. The van der Waals surface area contributed by atoms with E-state index in [9.17, 15) is 5.11 Å². The molecule has 21 heavy (non-hydrogen) atoms. The maximum Gasteiger partial charge on any atom is 0.123 e. The molecule has 2 N–H and O–H groups in total. The van der Waals surface area contributed by atoms with Gasteiger partial charge in [0.05, 0.1) is 6.04 Å². The van der Waals surface area contributed by atoms with Crippen LogP contribution in [0.3, 0.4) is 0 Å². The van der Waals surface area contributed by atoms with E-state index in [1.54, 1.807) is 0 Å². The quantitative estimate of drug-likeness (QED) is 0.748. The highest BCUT2D eigenvalue weighted by Crippen LogP contribution is 2.32. The highest BCUT2D eigenvalue weighted by molar-refractivity contribution is 5.60. The average molecular weight is 283 g/mol. The normalized spacial score (nSPS) is 12.1. The third kappa shape index (κ3) is 3.78. The van der Waals surface area contributed by atoms with Crippen LogP contribution >= 0.6 is 0 Å². The summed E-state index contributed by atoms with van der Waals surface area (Å²) >= 11 is 0. The fourth-order valence-corrected chi connectivity index (χ4v) is 2.60. The van der Waals surface area contributed by atoms with Crippen molar-refractivity contribution in [3.8, 4) is 5.75 Å². The highest BCUT2D eigenvalue weighted by Gasteiger charge is 2.13. The van der Waals surface area contributed by atoms with Crippen LogP contribution in [0.1, 0.15) is 48.9 Å². The maximum absolute atomic E-state index is 10.1. The Balaban J connectivity index is 2.25. The van der Waals surface area contributed by atoms with Gasteiger partial charge >= 0.3 is 0 Å². The van der Waals surface area contributed by atoms with Gasteiger partial charge in [0.25, 0.3) is 0 Å². The minimum Gasteiger partial charge on any atom is -0.507 e. The summed E-state index contributed by atoms with van der Waals surface area (Å²) in [6, 6.07) is 14.8. The molecule has 0 heterocycles. The molecule has 112 valence electrons. The van der Waals surface area contributed by atoms with Gasteiger partial charge in [0.15, 0.2) is 0 Å². The van der Waals surface area contributed by atoms with Gasteiger partial charge < -0.3 is 10.4 Å². The molecule has 2 heteroatoms. The van der Waals surface area contributed by atoms with Gasteiger partial charge in [0.2, 0.25) is 0 Å². The molecule has 0 fully saturated rings. The van der Waals surface area contributed by atoms with Gasteiger partial charge in [-0.25, -0.2) is 0 Å². The molecule has 0 aliphatic heterocycles. The number of nitrogens with one attached hydrogen (secondary N) is 1. The first-order valence-corrected chi connectivity index (χ1v) is 7.74. The Bertz CT molecular complexity index is 578. The summed E-state index contributed by atoms with van der Waals surface area (Å²) in [4.78, 5) is 0. The molecule has 0 saturated heterocycles. The predicted molar refractivity (Wildman–Crippen MR) is 89.9 cm³/mol. The SMILES string of the molecule is CCCCC(Nc1ccc(C)c(O)c1C)c1ccccc1. The summed E-state index contributed by atoms with van der Waals surface area (Å²) in [5, 5.41) is 13.7. The molecule has 0 saturated carbocycles. The molecule has 1 atom stereocenters. The van der Waals surface area contributed by atoms with Crippen LogP contribution in [0.15, 0.2) is 42.5 Å². The smallest absolute Gasteiger partial charge is 0.123 e. The lowest BCUT2D eigenvalue weighted by atomic mass is 9.99. The van der Waals surface area contributed by atoms with Crippen molar-refractivity contribution in [3.05, 3.63) is 59.2 Å². The lowest BCUT2D eigenvalue weighted by molar-refractivity contribution is 0.467. The molecular formula is C19H25NO. The van der Waals surface area contributed by atoms with Crippen molar-refractivity contribution in [3.63, 3.8) is 0 Å². The number of hydrogen-bond acceptors (Lipinski definition) is 2. The molecule has 0 spiro atoms.